The molecule has 0 amide bonds. The van der Waals surface area contributed by atoms with Crippen molar-refractivity contribution in [2.45, 2.75) is 25.7 Å². The molecule has 0 saturated carbocycles. The Labute approximate surface area is 66.6 Å². The molecule has 0 spiro atoms. The number of hydrogen-bond acceptors (Lipinski definition) is 3. The van der Waals surface area contributed by atoms with Crippen LogP contribution in [-0.4, -0.2) is 30.7 Å². The second-order valence-electron chi connectivity index (χ2n) is 2.58. The van der Waals surface area contributed by atoms with Crippen molar-refractivity contribution < 1.29 is 14.6 Å². The van der Waals surface area contributed by atoms with Gasteiger partial charge in [-0.15, -0.1) is 0 Å². The molecule has 0 aromatic carbocycles. The molecule has 1 saturated heterocycles. The lowest BCUT2D eigenvalue weighted by Gasteiger charge is -2.04. The Balaban J connectivity index is 2.10. The highest BCUT2D eigenvalue weighted by atomic mass is 16.7. The van der Waals surface area contributed by atoms with Crippen molar-refractivity contribution in [2.75, 3.05) is 13.2 Å². The van der Waals surface area contributed by atoms with Crippen LogP contribution in [0.4, 0.5) is 0 Å². The first-order valence-corrected chi connectivity index (χ1v) is 3.87. The van der Waals surface area contributed by atoms with Gasteiger partial charge in [-0.25, -0.2) is 0 Å². The van der Waals surface area contributed by atoms with Gasteiger partial charge in [0.05, 0.1) is 19.3 Å². The summed E-state index contributed by atoms with van der Waals surface area (Å²) in [6, 6.07) is 0. The van der Waals surface area contributed by atoms with Crippen LogP contribution >= 0.6 is 0 Å². The summed E-state index contributed by atoms with van der Waals surface area (Å²) in [5.74, 6) is 0. The van der Waals surface area contributed by atoms with E-state index in [-0.39, 0.29) is 12.4 Å². The molecule has 11 heavy (non-hydrogen) atoms. The predicted molar refractivity (Wildman–Crippen MR) is 41.1 cm³/mol. The monoisotopic (exact) mass is 158 g/mol. The van der Waals surface area contributed by atoms with Crippen molar-refractivity contribution in [1.29, 1.82) is 0 Å². The molecule has 0 aromatic rings. The normalized spacial score (nSPS) is 23.1. The molecule has 3 nitrogen and oxygen atoms in total. The summed E-state index contributed by atoms with van der Waals surface area (Å²) in [6.07, 6.45) is 3.86. The van der Waals surface area contributed by atoms with Gasteiger partial charge in [0, 0.05) is 6.42 Å². The molecule has 3 heteroatoms. The third kappa shape index (κ3) is 3.51. The maximum absolute atomic E-state index is 8.86. The summed E-state index contributed by atoms with van der Waals surface area (Å²) < 4.78 is 10.4. The van der Waals surface area contributed by atoms with Crippen LogP contribution in [0, 0.1) is 0 Å². The fraction of sp³-hybridized carbons (Fsp3) is 0.750. The Hall–Kier alpha value is -0.380. The topological polar surface area (TPSA) is 38.7 Å². The van der Waals surface area contributed by atoms with Gasteiger partial charge in [0.1, 0.15) is 0 Å². The first-order chi connectivity index (χ1) is 5.29. The molecule has 0 aliphatic carbocycles. The van der Waals surface area contributed by atoms with Crippen LogP contribution in [0.15, 0.2) is 12.2 Å². The van der Waals surface area contributed by atoms with Gasteiger partial charge in [0.2, 0.25) is 0 Å². The Morgan fingerprint density at radius 3 is 2.73 bits per heavy atom. The Kier molecular flexibility index (Phi) is 3.56. The van der Waals surface area contributed by atoms with Crippen LogP contribution in [0.1, 0.15) is 13.3 Å². The zero-order valence-corrected chi connectivity index (χ0v) is 6.69. The van der Waals surface area contributed by atoms with Gasteiger partial charge < -0.3 is 14.6 Å². The largest absolute Gasteiger partial charge is 0.389 e. The van der Waals surface area contributed by atoms with E-state index in [1.807, 2.05) is 6.08 Å². The molecule has 1 N–H and O–H groups in total. The van der Waals surface area contributed by atoms with Gasteiger partial charge >= 0.3 is 0 Å². The van der Waals surface area contributed by atoms with E-state index >= 15 is 0 Å². The summed E-state index contributed by atoms with van der Waals surface area (Å²) in [5, 5.41) is 8.86. The first-order valence-electron chi connectivity index (χ1n) is 3.87. The summed E-state index contributed by atoms with van der Waals surface area (Å²) in [5.41, 5.74) is 0. The van der Waals surface area contributed by atoms with Crippen LogP contribution in [0.2, 0.25) is 0 Å². The highest BCUT2D eigenvalue weighted by Gasteiger charge is 2.13. The van der Waals surface area contributed by atoms with Crippen LogP contribution in [0.3, 0.4) is 0 Å². The van der Waals surface area contributed by atoms with Gasteiger partial charge in [0.15, 0.2) is 6.29 Å². The highest BCUT2D eigenvalue weighted by molar-refractivity contribution is 4.87. The summed E-state index contributed by atoms with van der Waals surface area (Å²) in [7, 11) is 0. The Morgan fingerprint density at radius 1 is 1.55 bits per heavy atom. The molecule has 0 unspecified atom stereocenters. The maximum Gasteiger partial charge on any atom is 0.161 e. The van der Waals surface area contributed by atoms with Crippen LogP contribution in [0.25, 0.3) is 0 Å². The molecule has 1 fully saturated rings. The van der Waals surface area contributed by atoms with Gasteiger partial charge in [-0.1, -0.05) is 12.2 Å². The maximum atomic E-state index is 8.86. The zero-order valence-electron chi connectivity index (χ0n) is 6.69. The van der Waals surface area contributed by atoms with Crippen LogP contribution in [-0.2, 0) is 9.47 Å². The average molecular weight is 158 g/mol. The van der Waals surface area contributed by atoms with E-state index in [0.29, 0.717) is 13.2 Å². The number of ether oxygens (including phenoxy) is 2. The van der Waals surface area contributed by atoms with Gasteiger partial charge in [-0.2, -0.15) is 0 Å². The summed E-state index contributed by atoms with van der Waals surface area (Å²) in [6.45, 7) is 3.09. The zero-order chi connectivity index (χ0) is 8.10. The van der Waals surface area contributed by atoms with Crippen molar-refractivity contribution in [1.82, 2.24) is 0 Å². The van der Waals surface area contributed by atoms with Crippen molar-refractivity contribution in [2.24, 2.45) is 0 Å². The molecule has 1 heterocycles. The standard InChI is InChI=1S/C8H14O3/c1-7(9)3-2-4-8-10-5-6-11-8/h2-3,7-9H,4-6H2,1H3/b3-2+/t7-/m0/s1. The second-order valence-corrected chi connectivity index (χ2v) is 2.58. The third-order valence-electron chi connectivity index (χ3n) is 1.43. The highest BCUT2D eigenvalue weighted by Crippen LogP contribution is 2.08. The molecule has 64 valence electrons. The molecular formula is C8H14O3. The lowest BCUT2D eigenvalue weighted by molar-refractivity contribution is -0.0381. The summed E-state index contributed by atoms with van der Waals surface area (Å²) >= 11 is 0. The van der Waals surface area contributed by atoms with E-state index in [2.05, 4.69) is 0 Å². The number of hydrogen-bond donors (Lipinski definition) is 1. The second kappa shape index (κ2) is 4.49. The van der Waals surface area contributed by atoms with Crippen molar-refractivity contribution in [3.8, 4) is 0 Å². The Bertz CT molecular complexity index is 125. The van der Waals surface area contributed by atoms with E-state index in [1.54, 1.807) is 13.0 Å². The average Bonchev–Trinajstić information content (AvgIpc) is 2.39. The van der Waals surface area contributed by atoms with E-state index < -0.39 is 0 Å². The molecule has 1 aliphatic rings. The quantitative estimate of drug-likeness (QED) is 0.614. The van der Waals surface area contributed by atoms with Crippen molar-refractivity contribution >= 4 is 0 Å². The lowest BCUT2D eigenvalue weighted by Crippen LogP contribution is -2.05. The van der Waals surface area contributed by atoms with E-state index in [0.717, 1.165) is 6.42 Å². The molecule has 0 bridgehead atoms. The van der Waals surface area contributed by atoms with Crippen molar-refractivity contribution in [3.63, 3.8) is 0 Å². The Morgan fingerprint density at radius 2 is 2.18 bits per heavy atom. The summed E-state index contributed by atoms with van der Waals surface area (Å²) in [4.78, 5) is 0. The third-order valence-corrected chi connectivity index (χ3v) is 1.43. The fourth-order valence-electron chi connectivity index (χ4n) is 0.930. The van der Waals surface area contributed by atoms with Crippen molar-refractivity contribution in [3.05, 3.63) is 12.2 Å². The van der Waals surface area contributed by atoms with Gasteiger partial charge in [-0.3, -0.25) is 0 Å². The number of aliphatic hydroxyl groups excluding tert-OH is 1. The minimum absolute atomic E-state index is 0.0926. The first kappa shape index (κ1) is 8.71. The fourth-order valence-corrected chi connectivity index (χ4v) is 0.930. The van der Waals surface area contributed by atoms with E-state index in [9.17, 15) is 0 Å². The SMILES string of the molecule is C[C@H](O)/C=C/CC1OCCO1. The molecule has 1 atom stereocenters. The van der Waals surface area contributed by atoms with Gasteiger partial charge in [0.25, 0.3) is 0 Å². The predicted octanol–water partition coefficient (Wildman–Crippen LogP) is 0.686. The smallest absolute Gasteiger partial charge is 0.161 e. The van der Waals surface area contributed by atoms with Crippen LogP contribution in [0.5, 0.6) is 0 Å². The number of aliphatic hydroxyl groups is 1. The van der Waals surface area contributed by atoms with Gasteiger partial charge in [-0.05, 0) is 6.92 Å². The van der Waals surface area contributed by atoms with Crippen LogP contribution < -0.4 is 0 Å². The molecular weight excluding hydrogens is 144 g/mol. The molecule has 0 aromatic heterocycles. The number of rotatable bonds is 3. The van der Waals surface area contributed by atoms with E-state index in [1.165, 1.54) is 0 Å². The lowest BCUT2D eigenvalue weighted by atomic mass is 10.3. The molecule has 1 aliphatic heterocycles. The molecule has 1 rings (SSSR count). The minimum atomic E-state index is -0.378. The molecule has 0 radical (unpaired) electrons. The van der Waals surface area contributed by atoms with E-state index in [4.69, 9.17) is 14.6 Å². The minimum Gasteiger partial charge on any atom is -0.389 e.